The SMILES string of the molecule is C=CCCC(=O)N1CC[C@@H](Oc2ccncc2)C1. The second-order valence-electron chi connectivity index (χ2n) is 4.38. The van der Waals surface area contributed by atoms with Gasteiger partial charge in [0.05, 0.1) is 6.54 Å². The summed E-state index contributed by atoms with van der Waals surface area (Å²) < 4.78 is 5.81. The van der Waals surface area contributed by atoms with Crippen molar-refractivity contribution in [2.24, 2.45) is 0 Å². The molecule has 96 valence electrons. The van der Waals surface area contributed by atoms with Crippen LogP contribution in [0, 0.1) is 0 Å². The van der Waals surface area contributed by atoms with Gasteiger partial charge in [0.25, 0.3) is 0 Å². The largest absolute Gasteiger partial charge is 0.488 e. The van der Waals surface area contributed by atoms with Gasteiger partial charge in [0.1, 0.15) is 11.9 Å². The normalized spacial score (nSPS) is 18.7. The van der Waals surface area contributed by atoms with Crippen LogP contribution in [0.15, 0.2) is 37.2 Å². The van der Waals surface area contributed by atoms with Gasteiger partial charge in [0.2, 0.25) is 5.91 Å². The number of ether oxygens (including phenoxy) is 1. The summed E-state index contributed by atoms with van der Waals surface area (Å²) in [6.45, 7) is 5.09. The molecule has 1 aromatic heterocycles. The van der Waals surface area contributed by atoms with Crippen LogP contribution in [0.2, 0.25) is 0 Å². The fraction of sp³-hybridized carbons (Fsp3) is 0.429. The molecule has 1 amide bonds. The van der Waals surface area contributed by atoms with Crippen molar-refractivity contribution in [3.8, 4) is 5.75 Å². The number of pyridine rings is 1. The predicted octanol–water partition coefficient (Wildman–Crippen LogP) is 2.03. The Balaban J connectivity index is 1.81. The van der Waals surface area contributed by atoms with Crippen molar-refractivity contribution in [1.29, 1.82) is 0 Å². The maximum Gasteiger partial charge on any atom is 0.223 e. The number of hydrogen-bond acceptors (Lipinski definition) is 3. The maximum atomic E-state index is 11.8. The quantitative estimate of drug-likeness (QED) is 0.746. The molecular weight excluding hydrogens is 228 g/mol. The van der Waals surface area contributed by atoms with Crippen molar-refractivity contribution in [2.45, 2.75) is 25.4 Å². The summed E-state index contributed by atoms with van der Waals surface area (Å²) in [5, 5.41) is 0. The first-order valence-corrected chi connectivity index (χ1v) is 6.25. The molecule has 1 fully saturated rings. The van der Waals surface area contributed by atoms with E-state index in [1.807, 2.05) is 17.0 Å². The standard InChI is InChI=1S/C14H18N2O2/c1-2-3-4-14(17)16-10-7-13(11-16)18-12-5-8-15-9-6-12/h2,5-6,8-9,13H,1,3-4,7,10-11H2/t13-/m1/s1. The Labute approximate surface area is 107 Å². The lowest BCUT2D eigenvalue weighted by molar-refractivity contribution is -0.130. The minimum absolute atomic E-state index is 0.0973. The van der Waals surface area contributed by atoms with Crippen molar-refractivity contribution < 1.29 is 9.53 Å². The molecule has 0 radical (unpaired) electrons. The van der Waals surface area contributed by atoms with Gasteiger partial charge in [-0.1, -0.05) is 6.08 Å². The van der Waals surface area contributed by atoms with E-state index in [4.69, 9.17) is 4.74 Å². The Hall–Kier alpha value is -1.84. The molecule has 1 aromatic rings. The lowest BCUT2D eigenvalue weighted by Gasteiger charge is -2.16. The maximum absolute atomic E-state index is 11.8. The van der Waals surface area contributed by atoms with E-state index in [0.29, 0.717) is 13.0 Å². The highest BCUT2D eigenvalue weighted by Crippen LogP contribution is 2.18. The summed E-state index contributed by atoms with van der Waals surface area (Å²) >= 11 is 0. The zero-order valence-electron chi connectivity index (χ0n) is 10.4. The molecular formula is C14H18N2O2. The van der Waals surface area contributed by atoms with E-state index in [-0.39, 0.29) is 12.0 Å². The molecule has 4 nitrogen and oxygen atoms in total. The van der Waals surface area contributed by atoms with E-state index < -0.39 is 0 Å². The molecule has 2 rings (SSSR count). The predicted molar refractivity (Wildman–Crippen MR) is 69.3 cm³/mol. The summed E-state index contributed by atoms with van der Waals surface area (Å²) in [6.07, 6.45) is 7.46. The molecule has 0 saturated carbocycles. The van der Waals surface area contributed by atoms with Gasteiger partial charge in [-0.2, -0.15) is 0 Å². The number of nitrogens with zero attached hydrogens (tertiary/aromatic N) is 2. The first-order chi connectivity index (χ1) is 8.79. The smallest absolute Gasteiger partial charge is 0.223 e. The van der Waals surface area contributed by atoms with Gasteiger partial charge in [-0.25, -0.2) is 0 Å². The Bertz CT molecular complexity index is 406. The van der Waals surface area contributed by atoms with Crippen molar-refractivity contribution in [3.05, 3.63) is 37.2 Å². The van der Waals surface area contributed by atoms with E-state index in [1.165, 1.54) is 0 Å². The van der Waals surface area contributed by atoms with E-state index in [2.05, 4.69) is 11.6 Å². The van der Waals surface area contributed by atoms with E-state index >= 15 is 0 Å². The van der Waals surface area contributed by atoms with Gasteiger partial charge in [0, 0.05) is 31.8 Å². The number of hydrogen-bond donors (Lipinski definition) is 0. The number of rotatable bonds is 5. The molecule has 4 heteroatoms. The number of allylic oxidation sites excluding steroid dienone is 1. The minimum atomic E-state index is 0.0973. The number of likely N-dealkylation sites (tertiary alicyclic amines) is 1. The fourth-order valence-corrected chi connectivity index (χ4v) is 2.04. The van der Waals surface area contributed by atoms with E-state index in [9.17, 15) is 4.79 Å². The summed E-state index contributed by atoms with van der Waals surface area (Å²) in [7, 11) is 0. The molecule has 2 heterocycles. The third-order valence-corrected chi connectivity index (χ3v) is 3.01. The monoisotopic (exact) mass is 246 g/mol. The van der Waals surface area contributed by atoms with Crippen molar-refractivity contribution in [3.63, 3.8) is 0 Å². The Morgan fingerprint density at radius 1 is 1.56 bits per heavy atom. The summed E-state index contributed by atoms with van der Waals surface area (Å²) in [6, 6.07) is 3.67. The summed E-state index contributed by atoms with van der Waals surface area (Å²) in [4.78, 5) is 17.6. The Morgan fingerprint density at radius 3 is 3.06 bits per heavy atom. The van der Waals surface area contributed by atoms with Crippen molar-refractivity contribution in [2.75, 3.05) is 13.1 Å². The second kappa shape index (κ2) is 6.19. The molecule has 18 heavy (non-hydrogen) atoms. The van der Waals surface area contributed by atoms with Crippen LogP contribution in [0.4, 0.5) is 0 Å². The molecule has 1 saturated heterocycles. The van der Waals surface area contributed by atoms with E-state index in [1.54, 1.807) is 18.5 Å². The van der Waals surface area contributed by atoms with Gasteiger partial charge < -0.3 is 9.64 Å². The molecule has 0 aromatic carbocycles. The van der Waals surface area contributed by atoms with Crippen molar-refractivity contribution in [1.82, 2.24) is 9.88 Å². The van der Waals surface area contributed by atoms with Gasteiger partial charge in [-0.15, -0.1) is 6.58 Å². The average molecular weight is 246 g/mol. The van der Waals surface area contributed by atoms with Gasteiger partial charge in [-0.3, -0.25) is 9.78 Å². The zero-order chi connectivity index (χ0) is 12.8. The first-order valence-electron chi connectivity index (χ1n) is 6.25. The average Bonchev–Trinajstić information content (AvgIpc) is 2.86. The number of carbonyl (C=O) groups is 1. The van der Waals surface area contributed by atoms with Gasteiger partial charge in [-0.05, 0) is 18.6 Å². The van der Waals surface area contributed by atoms with Crippen LogP contribution in [0.3, 0.4) is 0 Å². The molecule has 1 aliphatic heterocycles. The highest BCUT2D eigenvalue weighted by atomic mass is 16.5. The zero-order valence-corrected chi connectivity index (χ0v) is 10.4. The topological polar surface area (TPSA) is 42.4 Å². The Kier molecular flexibility index (Phi) is 4.34. The van der Waals surface area contributed by atoms with Crippen LogP contribution in [0.25, 0.3) is 0 Å². The number of carbonyl (C=O) groups excluding carboxylic acids is 1. The lowest BCUT2D eigenvalue weighted by atomic mass is 10.3. The highest BCUT2D eigenvalue weighted by Gasteiger charge is 2.26. The lowest BCUT2D eigenvalue weighted by Crippen LogP contribution is -2.30. The summed E-state index contributed by atoms with van der Waals surface area (Å²) in [5.74, 6) is 1.01. The third kappa shape index (κ3) is 3.32. The van der Waals surface area contributed by atoms with E-state index in [0.717, 1.165) is 25.1 Å². The second-order valence-corrected chi connectivity index (χ2v) is 4.38. The van der Waals surface area contributed by atoms with Crippen LogP contribution < -0.4 is 4.74 Å². The summed E-state index contributed by atoms with van der Waals surface area (Å²) in [5.41, 5.74) is 0. The molecule has 1 atom stereocenters. The molecule has 0 bridgehead atoms. The van der Waals surface area contributed by atoms with Crippen LogP contribution in [0.5, 0.6) is 5.75 Å². The number of amides is 1. The van der Waals surface area contributed by atoms with Crippen LogP contribution in [-0.4, -0.2) is 35.0 Å². The van der Waals surface area contributed by atoms with Gasteiger partial charge in [0.15, 0.2) is 0 Å². The van der Waals surface area contributed by atoms with Crippen LogP contribution in [-0.2, 0) is 4.79 Å². The van der Waals surface area contributed by atoms with Gasteiger partial charge >= 0.3 is 0 Å². The van der Waals surface area contributed by atoms with Crippen LogP contribution >= 0.6 is 0 Å². The van der Waals surface area contributed by atoms with Crippen molar-refractivity contribution >= 4 is 5.91 Å². The third-order valence-electron chi connectivity index (χ3n) is 3.01. The minimum Gasteiger partial charge on any atom is -0.488 e. The molecule has 0 unspecified atom stereocenters. The Morgan fingerprint density at radius 2 is 2.33 bits per heavy atom. The first kappa shape index (κ1) is 12.6. The fourth-order valence-electron chi connectivity index (χ4n) is 2.04. The molecule has 1 aliphatic rings. The van der Waals surface area contributed by atoms with Crippen LogP contribution in [0.1, 0.15) is 19.3 Å². The molecule has 0 N–H and O–H groups in total. The molecule has 0 spiro atoms. The molecule has 0 aliphatic carbocycles. The highest BCUT2D eigenvalue weighted by molar-refractivity contribution is 5.76. The number of aromatic nitrogens is 1.